The van der Waals surface area contributed by atoms with E-state index in [0.717, 1.165) is 42.4 Å². The van der Waals surface area contributed by atoms with Gasteiger partial charge in [-0.05, 0) is 47.2 Å². The number of unbranched alkanes of at least 4 members (excludes halogenated alkanes) is 1. The van der Waals surface area contributed by atoms with Crippen molar-refractivity contribution in [3.05, 3.63) is 78.1 Å². The van der Waals surface area contributed by atoms with Gasteiger partial charge in [0, 0.05) is 18.2 Å². The number of carbonyl (C=O) groups excluding carboxylic acids is 4. The molecule has 1 aliphatic rings. The molecule has 0 fully saturated rings. The molecule has 1 aliphatic heterocycles. The van der Waals surface area contributed by atoms with Crippen LogP contribution < -0.4 is 10.6 Å². The summed E-state index contributed by atoms with van der Waals surface area (Å²) in [5.41, 5.74) is 3.30. The molecule has 2 N–H and O–H groups in total. The molecule has 0 saturated carbocycles. The Balaban J connectivity index is 1.65. The Kier molecular flexibility index (Phi) is 9.60. The molecule has 0 radical (unpaired) electrons. The van der Waals surface area contributed by atoms with Crippen LogP contribution in [0.5, 0.6) is 0 Å². The zero-order valence-electron chi connectivity index (χ0n) is 22.3. The van der Waals surface area contributed by atoms with Gasteiger partial charge in [-0.15, -0.1) is 0 Å². The summed E-state index contributed by atoms with van der Waals surface area (Å²) in [4.78, 5) is 50.9. The number of rotatable bonds is 12. The van der Waals surface area contributed by atoms with Crippen molar-refractivity contribution in [2.24, 2.45) is 5.92 Å². The Bertz CT molecular complexity index is 1250. The van der Waals surface area contributed by atoms with E-state index in [1.807, 2.05) is 25.1 Å². The zero-order chi connectivity index (χ0) is 27.8. The second kappa shape index (κ2) is 12.9. The molecule has 2 aromatic carbocycles. The van der Waals surface area contributed by atoms with Crippen LogP contribution in [0.25, 0.3) is 11.1 Å². The van der Waals surface area contributed by atoms with Gasteiger partial charge in [-0.1, -0.05) is 70.5 Å². The number of ether oxygens (including phenoxy) is 1. The first-order chi connectivity index (χ1) is 18.2. The molecular weight excluding hydrogens is 482 g/mol. The highest BCUT2D eigenvalue weighted by Crippen LogP contribution is 2.34. The maximum Gasteiger partial charge on any atom is 0.354 e. The van der Waals surface area contributed by atoms with Gasteiger partial charge in [0.25, 0.3) is 11.8 Å². The molecular formula is C30H35N3O5. The van der Waals surface area contributed by atoms with Crippen LogP contribution in [0, 0.1) is 5.92 Å². The normalized spacial score (nSPS) is 12.9. The fraction of sp³-hybridized carbons (Fsp3) is 0.333. The number of amides is 3. The molecule has 0 aromatic heterocycles. The Labute approximate surface area is 223 Å². The first kappa shape index (κ1) is 28.4. The van der Waals surface area contributed by atoms with E-state index in [9.17, 15) is 19.2 Å². The van der Waals surface area contributed by atoms with Crippen LogP contribution in [0.2, 0.25) is 0 Å². The fourth-order valence-electron chi connectivity index (χ4n) is 4.32. The van der Waals surface area contributed by atoms with Gasteiger partial charge in [0.15, 0.2) is 0 Å². The van der Waals surface area contributed by atoms with E-state index in [1.54, 1.807) is 24.3 Å². The summed E-state index contributed by atoms with van der Waals surface area (Å²) in [6.07, 6.45) is 3.99. The lowest BCUT2D eigenvalue weighted by Gasteiger charge is -2.19. The highest BCUT2D eigenvalue weighted by Gasteiger charge is 2.33. The molecule has 1 atom stereocenters. The van der Waals surface area contributed by atoms with Crippen molar-refractivity contribution in [2.75, 3.05) is 11.9 Å². The van der Waals surface area contributed by atoms with Crippen molar-refractivity contribution in [1.82, 2.24) is 10.2 Å². The van der Waals surface area contributed by atoms with Gasteiger partial charge in [-0.2, -0.15) is 0 Å². The summed E-state index contributed by atoms with van der Waals surface area (Å²) in [6, 6.07) is 12.7. The molecule has 3 rings (SSSR count). The smallest absolute Gasteiger partial charge is 0.354 e. The molecule has 0 saturated heterocycles. The molecule has 8 heteroatoms. The van der Waals surface area contributed by atoms with Crippen molar-refractivity contribution >= 4 is 29.4 Å². The average Bonchev–Trinajstić information content (AvgIpc) is 3.24. The van der Waals surface area contributed by atoms with Crippen LogP contribution in [-0.2, 0) is 25.7 Å². The molecule has 1 heterocycles. The second-order valence-corrected chi connectivity index (χ2v) is 9.38. The van der Waals surface area contributed by atoms with Crippen molar-refractivity contribution in [3.8, 4) is 11.1 Å². The van der Waals surface area contributed by atoms with Gasteiger partial charge in [-0.3, -0.25) is 19.3 Å². The molecule has 3 amide bonds. The number of fused-ring (bicyclic) bond motifs is 1. The van der Waals surface area contributed by atoms with Crippen LogP contribution in [0.4, 0.5) is 5.69 Å². The molecule has 200 valence electrons. The van der Waals surface area contributed by atoms with E-state index in [2.05, 4.69) is 30.7 Å². The van der Waals surface area contributed by atoms with Crippen LogP contribution >= 0.6 is 0 Å². The van der Waals surface area contributed by atoms with E-state index in [1.165, 1.54) is 11.8 Å². The number of benzene rings is 2. The number of carbonyl (C=O) groups is 4. The summed E-state index contributed by atoms with van der Waals surface area (Å²) in [7, 11) is 0. The van der Waals surface area contributed by atoms with Crippen molar-refractivity contribution in [3.63, 3.8) is 0 Å². The third-order valence-corrected chi connectivity index (χ3v) is 6.58. The van der Waals surface area contributed by atoms with Crippen molar-refractivity contribution < 1.29 is 23.9 Å². The van der Waals surface area contributed by atoms with E-state index >= 15 is 0 Å². The fourth-order valence-corrected chi connectivity index (χ4v) is 4.32. The molecule has 2 aromatic rings. The highest BCUT2D eigenvalue weighted by molar-refractivity contribution is 6.07. The standard InChI is InChI=1S/C30H35N3O5/c1-6-8-10-22(7-2)18-38-30(37)19(3)31-28(35)20(4)33-17-27-25(11-9-12-26(27)29(33)36)23-13-15-24(16-14-23)32-21(5)34/h9,11-16,22H,3-4,6-8,10,17-18H2,1-2,5H3,(H,31,35)(H,32,34). The summed E-state index contributed by atoms with van der Waals surface area (Å²) < 4.78 is 5.34. The summed E-state index contributed by atoms with van der Waals surface area (Å²) in [5, 5.41) is 5.15. The zero-order valence-corrected chi connectivity index (χ0v) is 22.3. The lowest BCUT2D eigenvalue weighted by Crippen LogP contribution is -2.36. The van der Waals surface area contributed by atoms with Crippen LogP contribution in [0.1, 0.15) is 62.4 Å². The third kappa shape index (κ3) is 6.76. The first-order valence-electron chi connectivity index (χ1n) is 12.8. The average molecular weight is 518 g/mol. The highest BCUT2D eigenvalue weighted by atomic mass is 16.5. The SMILES string of the molecule is C=C(NC(=O)C(=C)N1Cc2c(cccc2-c2ccc(NC(C)=O)cc2)C1=O)C(=O)OCC(CC)CCCC. The first-order valence-corrected chi connectivity index (χ1v) is 12.8. The Morgan fingerprint density at radius 2 is 1.74 bits per heavy atom. The van der Waals surface area contributed by atoms with E-state index in [0.29, 0.717) is 11.3 Å². The molecule has 0 spiro atoms. The van der Waals surface area contributed by atoms with E-state index in [-0.39, 0.29) is 42.3 Å². The Morgan fingerprint density at radius 1 is 1.05 bits per heavy atom. The van der Waals surface area contributed by atoms with Gasteiger partial charge < -0.3 is 15.4 Å². The predicted molar refractivity (Wildman–Crippen MR) is 147 cm³/mol. The number of nitrogens with zero attached hydrogens (tertiary/aromatic N) is 1. The Hall–Kier alpha value is -4.20. The lowest BCUT2D eigenvalue weighted by molar-refractivity contribution is -0.141. The maximum absolute atomic E-state index is 13.1. The number of nitrogens with one attached hydrogen (secondary N) is 2. The number of hydrogen-bond donors (Lipinski definition) is 2. The number of hydrogen-bond acceptors (Lipinski definition) is 5. The second-order valence-electron chi connectivity index (χ2n) is 9.38. The summed E-state index contributed by atoms with van der Waals surface area (Å²) in [5.74, 6) is -1.67. The van der Waals surface area contributed by atoms with E-state index in [4.69, 9.17) is 4.74 Å². The molecule has 8 nitrogen and oxygen atoms in total. The van der Waals surface area contributed by atoms with Gasteiger partial charge in [-0.25, -0.2) is 4.79 Å². The minimum atomic E-state index is -0.706. The number of anilines is 1. The summed E-state index contributed by atoms with van der Waals surface area (Å²) >= 11 is 0. The van der Waals surface area contributed by atoms with Gasteiger partial charge in [0.2, 0.25) is 5.91 Å². The largest absolute Gasteiger partial charge is 0.461 e. The molecule has 38 heavy (non-hydrogen) atoms. The topological polar surface area (TPSA) is 105 Å². The summed E-state index contributed by atoms with van der Waals surface area (Å²) in [6.45, 7) is 13.4. The third-order valence-electron chi connectivity index (χ3n) is 6.58. The predicted octanol–water partition coefficient (Wildman–Crippen LogP) is 5.17. The van der Waals surface area contributed by atoms with Gasteiger partial charge >= 0.3 is 5.97 Å². The maximum atomic E-state index is 13.1. The van der Waals surface area contributed by atoms with Crippen LogP contribution in [-0.4, -0.2) is 35.2 Å². The quantitative estimate of drug-likeness (QED) is 0.299. The molecule has 0 bridgehead atoms. The minimum Gasteiger partial charge on any atom is -0.461 e. The molecule has 0 aliphatic carbocycles. The van der Waals surface area contributed by atoms with Crippen LogP contribution in [0.3, 0.4) is 0 Å². The number of esters is 1. The van der Waals surface area contributed by atoms with Crippen LogP contribution in [0.15, 0.2) is 67.0 Å². The lowest BCUT2D eigenvalue weighted by atomic mass is 9.97. The van der Waals surface area contributed by atoms with Gasteiger partial charge in [0.05, 0.1) is 13.2 Å². The monoisotopic (exact) mass is 517 g/mol. The Morgan fingerprint density at radius 3 is 2.37 bits per heavy atom. The van der Waals surface area contributed by atoms with Crippen molar-refractivity contribution in [1.29, 1.82) is 0 Å². The van der Waals surface area contributed by atoms with Gasteiger partial charge in [0.1, 0.15) is 11.4 Å². The van der Waals surface area contributed by atoms with Crippen molar-refractivity contribution in [2.45, 2.75) is 53.0 Å². The van der Waals surface area contributed by atoms with E-state index < -0.39 is 11.9 Å². The molecule has 1 unspecified atom stereocenters. The minimum absolute atomic E-state index is 0.0958.